The number of hydrogen-bond acceptors (Lipinski definition) is 5. The largest absolute Gasteiger partial charge is 0.369 e. The van der Waals surface area contributed by atoms with Crippen LogP contribution in [0.5, 0.6) is 0 Å². The third kappa shape index (κ3) is 3.13. The Kier molecular flexibility index (Phi) is 4.29. The first-order valence-electron chi connectivity index (χ1n) is 7.25. The Balaban J connectivity index is 2.15. The van der Waals surface area contributed by atoms with Crippen LogP contribution < -0.4 is 0 Å². The van der Waals surface area contributed by atoms with Crippen LogP contribution in [0.4, 0.5) is 5.82 Å². The van der Waals surface area contributed by atoms with Crippen LogP contribution in [0.25, 0.3) is 22.9 Å². The number of allylic oxidation sites excluding steroid dienone is 1. The lowest BCUT2D eigenvalue weighted by atomic mass is 10.2. The molecule has 3 rings (SSSR count). The first-order valence-corrected chi connectivity index (χ1v) is 7.25. The van der Waals surface area contributed by atoms with Crippen molar-refractivity contribution in [3.8, 4) is 6.07 Å². The monoisotopic (exact) mass is 317 g/mol. The van der Waals surface area contributed by atoms with Crippen LogP contribution >= 0.6 is 0 Å². The zero-order valence-corrected chi connectivity index (χ0v) is 13.3. The van der Waals surface area contributed by atoms with Crippen LogP contribution in [0.2, 0.25) is 0 Å². The number of rotatable bonds is 4. The van der Waals surface area contributed by atoms with Gasteiger partial charge in [0.15, 0.2) is 11.5 Å². The summed E-state index contributed by atoms with van der Waals surface area (Å²) in [5.41, 5.74) is 2.43. The highest BCUT2D eigenvalue weighted by Gasteiger charge is 2.13. The van der Waals surface area contributed by atoms with Gasteiger partial charge >= 0.3 is 0 Å². The quantitative estimate of drug-likeness (QED) is 0.419. The lowest BCUT2D eigenvalue weighted by Crippen LogP contribution is -2.07. The van der Waals surface area contributed by atoms with Crippen LogP contribution in [0.3, 0.4) is 0 Å². The number of hydrogen-bond donors (Lipinski definition) is 0. The van der Waals surface area contributed by atoms with Gasteiger partial charge in [0.25, 0.3) is 0 Å². The van der Waals surface area contributed by atoms with E-state index in [0.717, 1.165) is 5.56 Å². The molecule has 0 N–H and O–H groups in total. The van der Waals surface area contributed by atoms with E-state index in [1.165, 1.54) is 6.33 Å². The van der Waals surface area contributed by atoms with Gasteiger partial charge in [-0.05, 0) is 11.6 Å². The Labute approximate surface area is 139 Å². The van der Waals surface area contributed by atoms with Crippen LogP contribution in [0.15, 0.2) is 48.0 Å². The van der Waals surface area contributed by atoms with Gasteiger partial charge in [0.1, 0.15) is 29.9 Å². The van der Waals surface area contributed by atoms with Crippen molar-refractivity contribution in [3.63, 3.8) is 0 Å². The third-order valence-corrected chi connectivity index (χ3v) is 3.21. The molecule has 2 aromatic heterocycles. The van der Waals surface area contributed by atoms with Crippen molar-refractivity contribution in [3.05, 3.63) is 48.5 Å². The van der Waals surface area contributed by atoms with Crippen molar-refractivity contribution in [2.24, 2.45) is 4.99 Å². The fraction of sp³-hybridized carbons (Fsp3) is 0.118. The molecule has 0 amide bonds. The Morgan fingerprint density at radius 1 is 1.21 bits per heavy atom. The van der Waals surface area contributed by atoms with E-state index in [0.29, 0.717) is 22.7 Å². The zero-order valence-electron chi connectivity index (χ0n) is 13.3. The number of nitrogens with zero attached hydrogens (tertiary/aromatic N) is 7. The van der Waals surface area contributed by atoms with Crippen molar-refractivity contribution < 1.29 is 0 Å². The molecule has 7 nitrogen and oxygen atoms in total. The number of benzene rings is 1. The fourth-order valence-corrected chi connectivity index (χ4v) is 2.15. The molecule has 0 fully saturated rings. The number of fused-ring (bicyclic) bond motifs is 1. The van der Waals surface area contributed by atoms with E-state index in [1.54, 1.807) is 28.2 Å². The van der Waals surface area contributed by atoms with Gasteiger partial charge in [-0.3, -0.25) is 4.57 Å². The van der Waals surface area contributed by atoms with Gasteiger partial charge < -0.3 is 4.90 Å². The summed E-state index contributed by atoms with van der Waals surface area (Å²) < 4.78 is 1.66. The van der Waals surface area contributed by atoms with Gasteiger partial charge in [0.2, 0.25) is 0 Å². The zero-order chi connectivity index (χ0) is 16.9. The maximum absolute atomic E-state index is 9.57. The minimum Gasteiger partial charge on any atom is -0.369 e. The van der Waals surface area contributed by atoms with E-state index in [-0.39, 0.29) is 0 Å². The molecule has 0 aliphatic rings. The van der Waals surface area contributed by atoms with Crippen molar-refractivity contribution >= 4 is 35.1 Å². The van der Waals surface area contributed by atoms with E-state index in [2.05, 4.69) is 26.0 Å². The second kappa shape index (κ2) is 6.71. The van der Waals surface area contributed by atoms with Crippen molar-refractivity contribution in [2.45, 2.75) is 0 Å². The molecular formula is C17H15N7. The number of imidazole rings is 1. The fourth-order valence-electron chi connectivity index (χ4n) is 2.15. The molecule has 0 saturated heterocycles. The van der Waals surface area contributed by atoms with E-state index in [4.69, 9.17) is 0 Å². The highest BCUT2D eigenvalue weighted by molar-refractivity contribution is 5.91. The van der Waals surface area contributed by atoms with Crippen LogP contribution in [0, 0.1) is 11.3 Å². The molecule has 0 saturated carbocycles. The van der Waals surface area contributed by atoms with Gasteiger partial charge in [0.05, 0.1) is 6.34 Å². The van der Waals surface area contributed by atoms with E-state index in [1.807, 2.05) is 44.4 Å². The molecule has 0 aliphatic heterocycles. The lowest BCUT2D eigenvalue weighted by Gasteiger charge is -2.05. The summed E-state index contributed by atoms with van der Waals surface area (Å²) >= 11 is 0. The topological polar surface area (TPSA) is 83.0 Å². The standard InChI is InChI=1S/C17H15N7/c1-23(2)11-21-16-15-17(20-10-19-16)22-12-24(15)14(9-18)8-13-6-4-3-5-7-13/h3-8,10-12H,1-2H3/b14-8-,21-11?. The predicted octanol–water partition coefficient (Wildman–Crippen LogP) is 2.57. The molecular weight excluding hydrogens is 302 g/mol. The van der Waals surface area contributed by atoms with Crippen LogP contribution in [-0.2, 0) is 0 Å². The summed E-state index contributed by atoms with van der Waals surface area (Å²) in [6, 6.07) is 11.8. The number of aliphatic imine (C=N–C) groups is 1. The van der Waals surface area contributed by atoms with Crippen LogP contribution in [0.1, 0.15) is 5.56 Å². The van der Waals surface area contributed by atoms with Crippen molar-refractivity contribution in [1.82, 2.24) is 24.4 Å². The summed E-state index contributed by atoms with van der Waals surface area (Å²) in [6.07, 6.45) is 6.40. The molecule has 1 aromatic carbocycles. The number of nitriles is 1. The number of aromatic nitrogens is 4. The summed E-state index contributed by atoms with van der Waals surface area (Å²) in [4.78, 5) is 18.7. The average molecular weight is 317 g/mol. The molecule has 24 heavy (non-hydrogen) atoms. The summed E-state index contributed by atoms with van der Waals surface area (Å²) in [6.45, 7) is 0. The molecule has 0 aliphatic carbocycles. The van der Waals surface area contributed by atoms with E-state index < -0.39 is 0 Å². The Hall–Kier alpha value is -3.53. The minimum absolute atomic E-state index is 0.416. The third-order valence-electron chi connectivity index (χ3n) is 3.21. The normalized spacial score (nSPS) is 11.8. The van der Waals surface area contributed by atoms with Crippen molar-refractivity contribution in [2.75, 3.05) is 14.1 Å². The van der Waals surface area contributed by atoms with Gasteiger partial charge in [-0.1, -0.05) is 30.3 Å². The molecule has 118 valence electrons. The average Bonchev–Trinajstić information content (AvgIpc) is 3.03. The van der Waals surface area contributed by atoms with Crippen molar-refractivity contribution in [1.29, 1.82) is 5.26 Å². The first-order chi connectivity index (χ1) is 11.7. The molecule has 0 radical (unpaired) electrons. The van der Waals surface area contributed by atoms with Gasteiger partial charge in [-0.25, -0.2) is 19.9 Å². The highest BCUT2D eigenvalue weighted by Crippen LogP contribution is 2.24. The Morgan fingerprint density at radius 3 is 2.71 bits per heavy atom. The van der Waals surface area contributed by atoms with Gasteiger partial charge in [0, 0.05) is 14.1 Å². The maximum atomic E-state index is 9.57. The summed E-state index contributed by atoms with van der Waals surface area (Å²) in [5, 5.41) is 9.57. The van der Waals surface area contributed by atoms with E-state index >= 15 is 0 Å². The van der Waals surface area contributed by atoms with Gasteiger partial charge in [-0.2, -0.15) is 5.26 Å². The highest BCUT2D eigenvalue weighted by atomic mass is 15.2. The maximum Gasteiger partial charge on any atom is 0.183 e. The second-order valence-electron chi connectivity index (χ2n) is 5.24. The molecule has 2 heterocycles. The first kappa shape index (κ1) is 15.4. The summed E-state index contributed by atoms with van der Waals surface area (Å²) in [5.74, 6) is 0.459. The molecule has 7 heteroatoms. The molecule has 0 atom stereocenters. The summed E-state index contributed by atoms with van der Waals surface area (Å²) in [7, 11) is 3.74. The molecule has 0 unspecified atom stereocenters. The van der Waals surface area contributed by atoms with Crippen LogP contribution in [-0.4, -0.2) is 44.9 Å². The lowest BCUT2D eigenvalue weighted by molar-refractivity contribution is 0.643. The second-order valence-corrected chi connectivity index (χ2v) is 5.24. The predicted molar refractivity (Wildman–Crippen MR) is 93.4 cm³/mol. The minimum atomic E-state index is 0.416. The SMILES string of the molecule is CN(C)C=Nc1ncnc2ncn(/C(C#N)=C\c3ccccc3)c12. The Bertz CT molecular complexity index is 946. The van der Waals surface area contributed by atoms with E-state index in [9.17, 15) is 5.26 Å². The molecule has 0 bridgehead atoms. The smallest absolute Gasteiger partial charge is 0.183 e. The Morgan fingerprint density at radius 2 is 2.00 bits per heavy atom. The molecule has 0 spiro atoms. The van der Waals surface area contributed by atoms with Gasteiger partial charge in [-0.15, -0.1) is 0 Å². The molecule has 3 aromatic rings.